The molecule has 0 unspecified atom stereocenters. The predicted molar refractivity (Wildman–Crippen MR) is 91.5 cm³/mol. The number of nitrogens with zero attached hydrogens (tertiary/aromatic N) is 2. The fourth-order valence-electron chi connectivity index (χ4n) is 1.93. The summed E-state index contributed by atoms with van der Waals surface area (Å²) in [5.74, 6) is 1.54. The number of rotatable bonds is 5. The van der Waals surface area contributed by atoms with Crippen molar-refractivity contribution in [3.8, 4) is 10.8 Å². The van der Waals surface area contributed by atoms with Gasteiger partial charge in [0.2, 0.25) is 5.89 Å². The van der Waals surface area contributed by atoms with Gasteiger partial charge >= 0.3 is 0 Å². The molecule has 3 rings (SSSR count). The summed E-state index contributed by atoms with van der Waals surface area (Å²) in [6.45, 7) is 2.02. The lowest BCUT2D eigenvalue weighted by Crippen LogP contribution is -2.13. The molecule has 2 heterocycles. The van der Waals surface area contributed by atoms with Crippen LogP contribution in [0.2, 0.25) is 5.02 Å². The molecule has 23 heavy (non-hydrogen) atoms. The van der Waals surface area contributed by atoms with Gasteiger partial charge < -0.3 is 15.0 Å². The van der Waals surface area contributed by atoms with Crippen LogP contribution < -0.4 is 5.73 Å². The van der Waals surface area contributed by atoms with Crippen molar-refractivity contribution in [3.05, 3.63) is 63.8 Å². The highest BCUT2D eigenvalue weighted by atomic mass is 35.5. The fourth-order valence-corrected chi connectivity index (χ4v) is 2.77. The van der Waals surface area contributed by atoms with Crippen molar-refractivity contribution in [3.63, 3.8) is 0 Å². The number of halogens is 1. The van der Waals surface area contributed by atoms with Gasteiger partial charge in [0.05, 0.1) is 4.88 Å². The molecular formula is C16H14ClN3O2S. The van der Waals surface area contributed by atoms with Crippen LogP contribution in [0.5, 0.6) is 0 Å². The van der Waals surface area contributed by atoms with Crippen molar-refractivity contribution in [1.29, 1.82) is 0 Å². The molecule has 0 atom stereocenters. The zero-order valence-corrected chi connectivity index (χ0v) is 13.9. The Kier molecular flexibility index (Phi) is 4.64. The van der Waals surface area contributed by atoms with E-state index in [4.69, 9.17) is 26.6 Å². The Balaban J connectivity index is 1.68. The zero-order valence-electron chi connectivity index (χ0n) is 12.3. The van der Waals surface area contributed by atoms with Crippen LogP contribution >= 0.6 is 22.9 Å². The Morgan fingerprint density at radius 2 is 2.26 bits per heavy atom. The van der Waals surface area contributed by atoms with E-state index in [0.29, 0.717) is 27.9 Å². The Morgan fingerprint density at radius 3 is 3.00 bits per heavy atom. The molecule has 0 spiro atoms. The highest BCUT2D eigenvalue weighted by molar-refractivity contribution is 7.13. The summed E-state index contributed by atoms with van der Waals surface area (Å²) in [5.41, 5.74) is 7.27. The Morgan fingerprint density at radius 1 is 1.39 bits per heavy atom. The minimum Gasteiger partial charge on any atom is -0.440 e. The summed E-state index contributed by atoms with van der Waals surface area (Å²) in [4.78, 5) is 10.7. The van der Waals surface area contributed by atoms with Crippen LogP contribution in [0, 0.1) is 6.92 Å². The summed E-state index contributed by atoms with van der Waals surface area (Å²) in [6, 6.07) is 11.0. The summed E-state index contributed by atoms with van der Waals surface area (Å²) in [6.07, 6.45) is 0. The first-order valence-corrected chi connectivity index (χ1v) is 8.11. The van der Waals surface area contributed by atoms with Crippen LogP contribution in [0.3, 0.4) is 0 Å². The van der Waals surface area contributed by atoms with Gasteiger partial charge in [0.1, 0.15) is 11.5 Å². The molecule has 0 radical (unpaired) electrons. The second kappa shape index (κ2) is 6.85. The maximum absolute atomic E-state index is 5.92. The van der Waals surface area contributed by atoms with E-state index in [-0.39, 0.29) is 12.4 Å². The lowest BCUT2D eigenvalue weighted by atomic mass is 10.2. The molecule has 0 saturated heterocycles. The summed E-state index contributed by atoms with van der Waals surface area (Å²) < 4.78 is 5.64. The molecule has 0 amide bonds. The molecule has 7 heteroatoms. The summed E-state index contributed by atoms with van der Waals surface area (Å²) in [5, 5.41) is 6.47. The molecule has 0 fully saturated rings. The number of aryl methyl sites for hydroxylation is 1. The molecule has 0 aliphatic heterocycles. The highest BCUT2D eigenvalue weighted by Gasteiger charge is 2.12. The number of oxime groups is 1. The van der Waals surface area contributed by atoms with Crippen LogP contribution in [0.4, 0.5) is 0 Å². The topological polar surface area (TPSA) is 73.6 Å². The van der Waals surface area contributed by atoms with Gasteiger partial charge in [0.25, 0.3) is 0 Å². The normalized spacial score (nSPS) is 11.7. The fraction of sp³-hybridized carbons (Fsp3) is 0.125. The molecule has 5 nitrogen and oxygen atoms in total. The third-order valence-electron chi connectivity index (χ3n) is 3.11. The Hall–Kier alpha value is -2.31. The number of amidine groups is 1. The van der Waals surface area contributed by atoms with E-state index < -0.39 is 0 Å². The third kappa shape index (κ3) is 3.72. The summed E-state index contributed by atoms with van der Waals surface area (Å²) >= 11 is 7.49. The first kappa shape index (κ1) is 15.6. The molecule has 0 aliphatic rings. The maximum Gasteiger partial charge on any atom is 0.236 e. The standard InChI is InChI=1S/C16H14ClN3O2S/c1-10-13(19-16(22-10)14-6-3-7-23-14)9-21-20-15(18)11-4-2-5-12(17)8-11/h2-8H,9H2,1H3,(H2,18,20). The van der Waals surface area contributed by atoms with Gasteiger partial charge in [-0.1, -0.05) is 35.0 Å². The van der Waals surface area contributed by atoms with Crippen molar-refractivity contribution in [1.82, 2.24) is 4.98 Å². The molecule has 2 aromatic heterocycles. The minimum absolute atomic E-state index is 0.183. The SMILES string of the molecule is Cc1oc(-c2cccs2)nc1CO/N=C(/N)c1cccc(Cl)c1. The van der Waals surface area contributed by atoms with Gasteiger partial charge in [-0.25, -0.2) is 4.98 Å². The van der Waals surface area contributed by atoms with Crippen LogP contribution in [-0.2, 0) is 11.4 Å². The number of thiophene rings is 1. The van der Waals surface area contributed by atoms with Crippen molar-refractivity contribution >= 4 is 28.8 Å². The molecule has 3 aromatic rings. The van der Waals surface area contributed by atoms with E-state index in [2.05, 4.69) is 10.1 Å². The average Bonchev–Trinajstić information content (AvgIpc) is 3.17. The largest absolute Gasteiger partial charge is 0.440 e. The lowest BCUT2D eigenvalue weighted by Gasteiger charge is -2.01. The third-order valence-corrected chi connectivity index (χ3v) is 4.20. The van der Waals surface area contributed by atoms with Gasteiger partial charge in [-0.15, -0.1) is 11.3 Å². The van der Waals surface area contributed by atoms with Crippen LogP contribution in [-0.4, -0.2) is 10.8 Å². The number of oxazole rings is 1. The molecule has 118 valence electrons. The van der Waals surface area contributed by atoms with E-state index in [1.54, 1.807) is 29.5 Å². The zero-order chi connectivity index (χ0) is 16.2. The summed E-state index contributed by atoms with van der Waals surface area (Å²) in [7, 11) is 0. The minimum atomic E-state index is 0.183. The average molecular weight is 348 g/mol. The highest BCUT2D eigenvalue weighted by Crippen LogP contribution is 2.26. The monoisotopic (exact) mass is 347 g/mol. The number of hydrogen-bond acceptors (Lipinski definition) is 5. The molecule has 0 bridgehead atoms. The van der Waals surface area contributed by atoms with E-state index in [0.717, 1.165) is 4.88 Å². The second-order valence-corrected chi connectivity index (χ2v) is 6.14. The Labute approximate surface area is 142 Å². The molecule has 0 saturated carbocycles. The van der Waals surface area contributed by atoms with Gasteiger partial charge in [0, 0.05) is 10.6 Å². The Bertz CT molecular complexity index is 828. The number of benzene rings is 1. The number of aromatic nitrogens is 1. The van der Waals surface area contributed by atoms with Gasteiger partial charge in [-0.3, -0.25) is 0 Å². The van der Waals surface area contributed by atoms with E-state index in [1.165, 1.54) is 0 Å². The quantitative estimate of drug-likeness (QED) is 0.426. The van der Waals surface area contributed by atoms with Gasteiger partial charge in [-0.2, -0.15) is 0 Å². The van der Waals surface area contributed by atoms with Crippen LogP contribution in [0.1, 0.15) is 17.0 Å². The van der Waals surface area contributed by atoms with Crippen molar-refractivity contribution in [2.45, 2.75) is 13.5 Å². The van der Waals surface area contributed by atoms with E-state index in [9.17, 15) is 0 Å². The smallest absolute Gasteiger partial charge is 0.236 e. The number of hydrogen-bond donors (Lipinski definition) is 1. The first-order chi connectivity index (χ1) is 11.1. The van der Waals surface area contributed by atoms with Crippen molar-refractivity contribution < 1.29 is 9.25 Å². The second-order valence-electron chi connectivity index (χ2n) is 4.76. The molecular weight excluding hydrogens is 334 g/mol. The molecule has 0 aliphatic carbocycles. The van der Waals surface area contributed by atoms with Crippen molar-refractivity contribution in [2.24, 2.45) is 10.9 Å². The number of nitrogens with two attached hydrogens (primary N) is 1. The van der Waals surface area contributed by atoms with E-state index in [1.807, 2.05) is 30.5 Å². The maximum atomic E-state index is 5.92. The lowest BCUT2D eigenvalue weighted by molar-refractivity contribution is 0.127. The van der Waals surface area contributed by atoms with Crippen molar-refractivity contribution in [2.75, 3.05) is 0 Å². The van der Waals surface area contributed by atoms with Gasteiger partial charge in [-0.05, 0) is 30.5 Å². The van der Waals surface area contributed by atoms with E-state index >= 15 is 0 Å². The predicted octanol–water partition coefficient (Wildman–Crippen LogP) is 4.20. The van der Waals surface area contributed by atoms with Crippen LogP contribution in [0.25, 0.3) is 10.8 Å². The van der Waals surface area contributed by atoms with Gasteiger partial charge in [0.15, 0.2) is 12.4 Å². The molecule has 2 N–H and O–H groups in total. The first-order valence-electron chi connectivity index (χ1n) is 6.85. The van der Waals surface area contributed by atoms with Crippen LogP contribution in [0.15, 0.2) is 51.4 Å². The molecule has 1 aromatic carbocycles.